The van der Waals surface area contributed by atoms with Gasteiger partial charge in [0.2, 0.25) is 0 Å². The molecule has 33 heavy (non-hydrogen) atoms. The molecule has 3 aromatic heterocycles. The number of fused-ring (bicyclic) bond motifs is 3. The monoisotopic (exact) mass is 449 g/mol. The van der Waals surface area contributed by atoms with Gasteiger partial charge < -0.3 is 26.1 Å². The van der Waals surface area contributed by atoms with Crippen LogP contribution in [0.1, 0.15) is 36.9 Å². The number of nitrogens with one attached hydrogen (secondary N) is 3. The van der Waals surface area contributed by atoms with E-state index in [2.05, 4.69) is 25.6 Å². The Hall–Kier alpha value is -3.46. The molecule has 4 aromatic rings. The van der Waals surface area contributed by atoms with Crippen molar-refractivity contribution in [2.24, 2.45) is 5.73 Å². The van der Waals surface area contributed by atoms with E-state index in [0.717, 1.165) is 47.7 Å². The predicted octanol–water partition coefficient (Wildman–Crippen LogP) is 4.78. The van der Waals surface area contributed by atoms with E-state index < -0.39 is 0 Å². The summed E-state index contributed by atoms with van der Waals surface area (Å²) in [4.78, 5) is 16.9. The second-order valence-electron chi connectivity index (χ2n) is 8.67. The molecule has 1 saturated carbocycles. The summed E-state index contributed by atoms with van der Waals surface area (Å²) < 4.78 is 20.7. The van der Waals surface area contributed by atoms with Crippen LogP contribution in [0, 0.1) is 19.7 Å². The number of ether oxygens (including phenoxy) is 1. The largest absolute Gasteiger partial charge is 0.423 e. The summed E-state index contributed by atoms with van der Waals surface area (Å²) >= 11 is 0. The Labute approximate surface area is 191 Å². The number of rotatable bonds is 5. The average Bonchev–Trinajstić information content (AvgIpc) is 3.19. The lowest BCUT2D eigenvalue weighted by Crippen LogP contribution is -2.42. The molecule has 172 valence electrons. The highest BCUT2D eigenvalue weighted by Crippen LogP contribution is 2.38. The number of halogens is 1. The van der Waals surface area contributed by atoms with Gasteiger partial charge in [-0.3, -0.25) is 4.98 Å². The average molecular weight is 450 g/mol. The molecule has 0 spiro atoms. The van der Waals surface area contributed by atoms with Crippen LogP contribution in [0.3, 0.4) is 0 Å². The molecule has 3 heterocycles. The molecule has 8 nitrogen and oxygen atoms in total. The van der Waals surface area contributed by atoms with E-state index in [-0.39, 0.29) is 23.9 Å². The number of aromatic nitrogens is 4. The van der Waals surface area contributed by atoms with Gasteiger partial charge in [0.15, 0.2) is 0 Å². The minimum absolute atomic E-state index is 0.0188. The second kappa shape index (κ2) is 8.47. The summed E-state index contributed by atoms with van der Waals surface area (Å²) in [6.07, 6.45) is 5.76. The van der Waals surface area contributed by atoms with Crippen molar-refractivity contribution in [3.63, 3.8) is 0 Å². The van der Waals surface area contributed by atoms with Crippen molar-refractivity contribution >= 4 is 33.4 Å². The van der Waals surface area contributed by atoms with Gasteiger partial charge in [0.1, 0.15) is 23.0 Å². The fraction of sp³-hybridized carbons (Fsp3) is 0.375. The van der Waals surface area contributed by atoms with Crippen LogP contribution in [0.2, 0.25) is 0 Å². The topological polar surface area (TPSA) is 114 Å². The third kappa shape index (κ3) is 3.93. The molecule has 0 bridgehead atoms. The Morgan fingerprint density at radius 1 is 1.15 bits per heavy atom. The molecule has 0 radical (unpaired) electrons. The number of aryl methyl sites for hydroxylation is 2. The molecule has 1 aliphatic rings. The molecule has 5 rings (SSSR count). The normalized spacial score (nSPS) is 18.6. The summed E-state index contributed by atoms with van der Waals surface area (Å²) in [5, 5.41) is 8.07. The maximum absolute atomic E-state index is 14.8. The van der Waals surface area contributed by atoms with Crippen molar-refractivity contribution in [2.75, 3.05) is 17.7 Å². The standard InChI is InChI=1S/C24H28FN7O/c1-12-8-9-14(11-28-12)33-24-31-22(29-17-7-5-4-6-16(17)26)20-19-13(2)15(25)10-18(27-3)21(19)30-23(20)32-24/h8-11,16-17,27H,4-7,26H2,1-3H3,(H2,29,30,31,32)/t16-,17?/m0/s1. The van der Waals surface area contributed by atoms with Gasteiger partial charge >= 0.3 is 6.01 Å². The number of H-pyrrole nitrogens is 1. The van der Waals surface area contributed by atoms with E-state index >= 15 is 0 Å². The third-order valence-corrected chi connectivity index (χ3v) is 6.41. The molecule has 1 aromatic carbocycles. The number of nitrogens with two attached hydrogens (primary N) is 1. The fourth-order valence-electron chi connectivity index (χ4n) is 4.56. The van der Waals surface area contributed by atoms with Gasteiger partial charge in [-0.1, -0.05) is 12.8 Å². The van der Waals surface area contributed by atoms with Crippen molar-refractivity contribution in [2.45, 2.75) is 51.6 Å². The zero-order valence-electron chi connectivity index (χ0n) is 19.0. The van der Waals surface area contributed by atoms with Crippen LogP contribution in [0.15, 0.2) is 24.4 Å². The van der Waals surface area contributed by atoms with Crippen LogP contribution in [0.5, 0.6) is 11.8 Å². The zero-order chi connectivity index (χ0) is 23.1. The van der Waals surface area contributed by atoms with Gasteiger partial charge in [0.05, 0.1) is 22.8 Å². The van der Waals surface area contributed by atoms with Gasteiger partial charge in [-0.15, -0.1) is 0 Å². The first-order valence-corrected chi connectivity index (χ1v) is 11.3. The first-order chi connectivity index (χ1) is 15.9. The number of hydrogen-bond donors (Lipinski definition) is 4. The van der Waals surface area contributed by atoms with Crippen LogP contribution in [-0.4, -0.2) is 39.1 Å². The molecular formula is C24H28FN7O. The summed E-state index contributed by atoms with van der Waals surface area (Å²) in [6.45, 7) is 3.68. The molecule has 9 heteroatoms. The van der Waals surface area contributed by atoms with Crippen molar-refractivity contribution < 1.29 is 9.13 Å². The molecule has 1 unspecified atom stereocenters. The molecule has 1 aliphatic carbocycles. The Bertz CT molecular complexity index is 1320. The minimum Gasteiger partial charge on any atom is -0.423 e. The predicted molar refractivity (Wildman–Crippen MR) is 129 cm³/mol. The van der Waals surface area contributed by atoms with Crippen LogP contribution >= 0.6 is 0 Å². The van der Waals surface area contributed by atoms with E-state index in [1.165, 1.54) is 6.07 Å². The molecule has 0 saturated heterocycles. The number of anilines is 2. The lowest BCUT2D eigenvalue weighted by atomic mass is 9.91. The zero-order valence-corrected chi connectivity index (χ0v) is 19.0. The van der Waals surface area contributed by atoms with E-state index in [9.17, 15) is 4.39 Å². The molecule has 5 N–H and O–H groups in total. The third-order valence-electron chi connectivity index (χ3n) is 6.41. The first kappa shape index (κ1) is 21.4. The summed E-state index contributed by atoms with van der Waals surface area (Å²) in [7, 11) is 1.76. The molecular weight excluding hydrogens is 421 g/mol. The van der Waals surface area contributed by atoms with E-state index in [1.54, 1.807) is 20.2 Å². The fourth-order valence-corrected chi connectivity index (χ4v) is 4.56. The number of nitrogens with zero attached hydrogens (tertiary/aromatic N) is 3. The van der Waals surface area contributed by atoms with Crippen molar-refractivity contribution in [1.29, 1.82) is 0 Å². The highest BCUT2D eigenvalue weighted by Gasteiger charge is 2.26. The van der Waals surface area contributed by atoms with Crippen molar-refractivity contribution in [3.05, 3.63) is 41.5 Å². The number of hydrogen-bond acceptors (Lipinski definition) is 7. The Balaban J connectivity index is 1.69. The van der Waals surface area contributed by atoms with Crippen molar-refractivity contribution in [3.8, 4) is 11.8 Å². The maximum atomic E-state index is 14.8. The smallest absolute Gasteiger partial charge is 0.326 e. The molecule has 0 aliphatic heterocycles. The van der Waals surface area contributed by atoms with Crippen LogP contribution < -0.4 is 21.1 Å². The Morgan fingerprint density at radius 3 is 2.70 bits per heavy atom. The Kier molecular flexibility index (Phi) is 5.49. The quantitative estimate of drug-likeness (QED) is 0.347. The number of aromatic amines is 1. The summed E-state index contributed by atoms with van der Waals surface area (Å²) in [6, 6.07) is 5.43. The van der Waals surface area contributed by atoms with E-state index in [0.29, 0.717) is 28.5 Å². The van der Waals surface area contributed by atoms with Crippen LogP contribution in [-0.2, 0) is 0 Å². The van der Waals surface area contributed by atoms with Crippen LogP contribution in [0.4, 0.5) is 15.9 Å². The number of pyridine rings is 1. The van der Waals surface area contributed by atoms with Gasteiger partial charge in [0.25, 0.3) is 0 Å². The van der Waals surface area contributed by atoms with Gasteiger partial charge in [0, 0.05) is 30.2 Å². The van der Waals surface area contributed by atoms with Crippen LogP contribution in [0.25, 0.3) is 21.9 Å². The molecule has 2 atom stereocenters. The highest BCUT2D eigenvalue weighted by molar-refractivity contribution is 6.16. The van der Waals surface area contributed by atoms with E-state index in [1.807, 2.05) is 19.1 Å². The van der Waals surface area contributed by atoms with Crippen molar-refractivity contribution in [1.82, 2.24) is 19.9 Å². The highest BCUT2D eigenvalue weighted by atomic mass is 19.1. The summed E-state index contributed by atoms with van der Waals surface area (Å²) in [5.74, 6) is 0.827. The number of benzene rings is 1. The maximum Gasteiger partial charge on any atom is 0.326 e. The van der Waals surface area contributed by atoms with Gasteiger partial charge in [-0.2, -0.15) is 9.97 Å². The second-order valence-corrected chi connectivity index (χ2v) is 8.67. The SMILES string of the molecule is CNc1cc(F)c(C)c2c1[nH]c1nc(Oc3ccc(C)nc3)nc(NC3CCCC[C@@H]3N)c12. The molecule has 0 amide bonds. The van der Waals surface area contributed by atoms with Gasteiger partial charge in [-0.25, -0.2) is 4.39 Å². The minimum atomic E-state index is -0.292. The first-order valence-electron chi connectivity index (χ1n) is 11.3. The summed E-state index contributed by atoms with van der Waals surface area (Å²) in [5.41, 5.74) is 9.81. The van der Waals surface area contributed by atoms with Gasteiger partial charge in [-0.05, 0) is 50.5 Å². The molecule has 1 fully saturated rings. The lowest BCUT2D eigenvalue weighted by molar-refractivity contribution is 0.402. The lowest BCUT2D eigenvalue weighted by Gasteiger charge is -2.30. The van der Waals surface area contributed by atoms with E-state index in [4.69, 9.17) is 15.5 Å². The Morgan fingerprint density at radius 2 is 1.97 bits per heavy atom.